The monoisotopic (exact) mass is 289 g/mol. The van der Waals surface area contributed by atoms with E-state index in [1.165, 1.54) is 39.8 Å². The number of allylic oxidation sites excluding steroid dienone is 4. The van der Waals surface area contributed by atoms with Crippen molar-refractivity contribution in [2.45, 2.75) is 27.7 Å². The maximum absolute atomic E-state index is 10.0. The van der Waals surface area contributed by atoms with E-state index in [1.54, 1.807) is 0 Å². The van der Waals surface area contributed by atoms with Gasteiger partial charge >= 0.3 is 0 Å². The Labute approximate surface area is 115 Å². The van der Waals surface area contributed by atoms with E-state index in [-0.39, 0.29) is 55.8 Å². The second-order valence-electron chi connectivity index (χ2n) is 2.79. The molecule has 0 aliphatic rings. The number of rotatable bonds is 2. The molecule has 0 aliphatic carbocycles. The number of aliphatic hydroxyl groups is 2. The average molecular weight is 289 g/mol. The fraction of sp³-hybridized carbons (Fsp3) is 0.400. The first-order valence-corrected chi connectivity index (χ1v) is 4.01. The molecule has 0 heterocycles. The number of carbonyl (C=O) groups excluding carboxylic acids is 2. The molecule has 0 rings (SSSR count). The zero-order chi connectivity index (χ0) is 11.7. The van der Waals surface area contributed by atoms with Crippen LogP contribution in [0.15, 0.2) is 23.7 Å². The van der Waals surface area contributed by atoms with Crippen LogP contribution < -0.4 is 0 Å². The molecule has 15 heavy (non-hydrogen) atoms. The van der Waals surface area contributed by atoms with Crippen LogP contribution in [0.3, 0.4) is 0 Å². The van der Waals surface area contributed by atoms with Gasteiger partial charge in [-0.25, -0.2) is 0 Å². The van der Waals surface area contributed by atoms with Crippen molar-refractivity contribution >= 4 is 11.6 Å². The van der Waals surface area contributed by atoms with Gasteiger partial charge < -0.3 is 10.2 Å². The van der Waals surface area contributed by atoms with Gasteiger partial charge in [0, 0.05) is 44.9 Å². The Balaban J connectivity index is -0.000000180. The Bertz CT molecular complexity index is 231. The number of carbonyl (C=O) groups is 2. The van der Waals surface area contributed by atoms with Gasteiger partial charge in [-0.3, -0.25) is 9.59 Å². The van der Waals surface area contributed by atoms with Gasteiger partial charge in [-0.2, -0.15) is 0 Å². The zero-order valence-corrected chi connectivity index (χ0v) is 12.3. The molecular weight excluding hydrogens is 273 g/mol. The van der Waals surface area contributed by atoms with Crippen LogP contribution in [0.5, 0.6) is 0 Å². The van der Waals surface area contributed by atoms with Gasteiger partial charge in [0.25, 0.3) is 0 Å². The van der Waals surface area contributed by atoms with Crippen LogP contribution in [0.25, 0.3) is 0 Å². The Morgan fingerprint density at radius 3 is 1.00 bits per heavy atom. The van der Waals surface area contributed by atoms with E-state index < -0.39 is 0 Å². The third kappa shape index (κ3) is 31.7. The SMILES string of the molecule is CC(=O)/C=C(/C)O.CC(=O)/C=C(/C)O.[Y]. The maximum atomic E-state index is 10.0. The Morgan fingerprint density at radius 2 is 1.00 bits per heavy atom. The number of hydrogen-bond donors (Lipinski definition) is 2. The molecule has 0 amide bonds. The quantitative estimate of drug-likeness (QED) is 0.603. The van der Waals surface area contributed by atoms with Crippen LogP contribution in [0.1, 0.15) is 27.7 Å². The summed E-state index contributed by atoms with van der Waals surface area (Å²) in [6.07, 6.45) is 2.33. The molecule has 4 nitrogen and oxygen atoms in total. The molecule has 0 aromatic heterocycles. The van der Waals surface area contributed by atoms with E-state index in [1.807, 2.05) is 0 Å². The van der Waals surface area contributed by atoms with Gasteiger partial charge in [0.15, 0.2) is 11.6 Å². The summed E-state index contributed by atoms with van der Waals surface area (Å²) in [5.74, 6) is -0.125. The summed E-state index contributed by atoms with van der Waals surface area (Å²) in [7, 11) is 0. The van der Waals surface area contributed by atoms with Crippen molar-refractivity contribution in [3.63, 3.8) is 0 Å². The molecule has 0 aliphatic heterocycles. The average Bonchev–Trinajstić information content (AvgIpc) is 1.79. The van der Waals surface area contributed by atoms with Crippen molar-refractivity contribution in [2.75, 3.05) is 0 Å². The van der Waals surface area contributed by atoms with Crippen molar-refractivity contribution in [1.29, 1.82) is 0 Å². The maximum Gasteiger partial charge on any atom is 0.155 e. The van der Waals surface area contributed by atoms with Gasteiger partial charge in [-0.15, -0.1) is 0 Å². The van der Waals surface area contributed by atoms with E-state index in [0.29, 0.717) is 0 Å². The summed E-state index contributed by atoms with van der Waals surface area (Å²) >= 11 is 0. The Kier molecular flexibility index (Phi) is 15.5. The molecule has 1 radical (unpaired) electrons. The van der Waals surface area contributed by atoms with Crippen LogP contribution >= 0.6 is 0 Å². The molecule has 0 fully saturated rings. The standard InChI is InChI=1S/2C5H8O2.Y/c2*1-4(6)3-5(2)7;/h2*3,6H,1-2H3;/b2*4-3-;. The third-order valence-corrected chi connectivity index (χ3v) is 0.824. The minimum Gasteiger partial charge on any atom is -0.512 e. The van der Waals surface area contributed by atoms with Crippen molar-refractivity contribution in [2.24, 2.45) is 0 Å². The topological polar surface area (TPSA) is 74.6 Å². The molecular formula is C10H16O4Y. The van der Waals surface area contributed by atoms with Crippen molar-refractivity contribution < 1.29 is 52.5 Å². The Hall–Kier alpha value is -0.476. The second-order valence-corrected chi connectivity index (χ2v) is 2.79. The van der Waals surface area contributed by atoms with Crippen LogP contribution in [0.2, 0.25) is 0 Å². The van der Waals surface area contributed by atoms with E-state index >= 15 is 0 Å². The van der Waals surface area contributed by atoms with Gasteiger partial charge in [-0.1, -0.05) is 0 Å². The first-order valence-electron chi connectivity index (χ1n) is 4.01. The summed E-state index contributed by atoms with van der Waals surface area (Å²) < 4.78 is 0. The molecule has 0 aromatic carbocycles. The fourth-order valence-electron chi connectivity index (χ4n) is 0.588. The molecule has 0 spiro atoms. The summed E-state index contributed by atoms with van der Waals surface area (Å²) in [5, 5.41) is 16.7. The minimum atomic E-state index is -0.125. The summed E-state index contributed by atoms with van der Waals surface area (Å²) in [5.41, 5.74) is 0. The van der Waals surface area contributed by atoms with Gasteiger partial charge in [0.2, 0.25) is 0 Å². The molecule has 0 saturated carbocycles. The summed E-state index contributed by atoms with van der Waals surface area (Å²) in [4.78, 5) is 20.0. The third-order valence-electron chi connectivity index (χ3n) is 0.824. The number of ketones is 2. The van der Waals surface area contributed by atoms with Crippen molar-refractivity contribution in [3.05, 3.63) is 23.7 Å². The summed E-state index contributed by atoms with van der Waals surface area (Å²) in [6, 6.07) is 0. The molecule has 5 heteroatoms. The summed E-state index contributed by atoms with van der Waals surface area (Å²) in [6.45, 7) is 5.70. The van der Waals surface area contributed by atoms with Crippen LogP contribution in [-0.4, -0.2) is 21.8 Å². The fourth-order valence-corrected chi connectivity index (χ4v) is 0.588. The molecule has 0 bridgehead atoms. The van der Waals surface area contributed by atoms with E-state index in [0.717, 1.165) is 0 Å². The van der Waals surface area contributed by atoms with Crippen molar-refractivity contribution in [1.82, 2.24) is 0 Å². The first-order chi connectivity index (χ1) is 6.25. The Morgan fingerprint density at radius 1 is 0.800 bits per heavy atom. The smallest absolute Gasteiger partial charge is 0.155 e. The predicted octanol–water partition coefficient (Wildman–Crippen LogP) is 2.07. The van der Waals surface area contributed by atoms with Crippen molar-refractivity contribution in [3.8, 4) is 0 Å². The van der Waals surface area contributed by atoms with Gasteiger partial charge in [-0.05, 0) is 27.7 Å². The van der Waals surface area contributed by atoms with E-state index in [4.69, 9.17) is 10.2 Å². The van der Waals surface area contributed by atoms with E-state index in [9.17, 15) is 9.59 Å². The van der Waals surface area contributed by atoms with Crippen LogP contribution in [-0.2, 0) is 42.3 Å². The molecule has 0 atom stereocenters. The molecule has 83 valence electrons. The minimum absolute atomic E-state index is 0. The number of hydrogen-bond acceptors (Lipinski definition) is 4. The van der Waals surface area contributed by atoms with E-state index in [2.05, 4.69) is 0 Å². The molecule has 0 unspecified atom stereocenters. The molecule has 0 saturated heterocycles. The van der Waals surface area contributed by atoms with Gasteiger partial charge in [0.05, 0.1) is 11.5 Å². The zero-order valence-electron chi connectivity index (χ0n) is 9.44. The molecule has 2 N–H and O–H groups in total. The number of aliphatic hydroxyl groups excluding tert-OH is 2. The van der Waals surface area contributed by atoms with Gasteiger partial charge in [0.1, 0.15) is 0 Å². The predicted molar refractivity (Wildman–Crippen MR) is 54.1 cm³/mol. The first kappa shape index (κ1) is 20.0. The second kappa shape index (κ2) is 11.6. The largest absolute Gasteiger partial charge is 0.512 e. The van der Waals surface area contributed by atoms with Crippen LogP contribution in [0, 0.1) is 0 Å². The van der Waals surface area contributed by atoms with Crippen LogP contribution in [0.4, 0.5) is 0 Å². The normalized spacial score (nSPS) is 10.7. The molecule has 0 aromatic rings.